The Kier molecular flexibility index (Phi) is 3.72. The molecule has 0 heterocycles. The summed E-state index contributed by atoms with van der Waals surface area (Å²) in [4.78, 5) is 0. The monoisotopic (exact) mass is 235 g/mol. The smallest absolute Gasteiger partial charge is 0.0994 e. The maximum atomic E-state index is 8.78. The van der Waals surface area contributed by atoms with E-state index in [1.54, 1.807) is 0 Å². The number of nitrogens with zero attached hydrogens (tertiary/aromatic N) is 1. The quantitative estimate of drug-likeness (QED) is 0.723. The molecule has 0 spiro atoms. The third-order valence-corrected chi connectivity index (χ3v) is 2.16. The van der Waals surface area contributed by atoms with E-state index >= 15 is 0 Å². The third kappa shape index (κ3) is 2.71. The Bertz CT molecular complexity index is 361. The molecule has 0 unspecified atom stereocenters. The van der Waals surface area contributed by atoms with Crippen LogP contribution in [0, 0.1) is 18.3 Å². The van der Waals surface area contributed by atoms with Gasteiger partial charge in [0.2, 0.25) is 0 Å². The van der Waals surface area contributed by atoms with E-state index in [-0.39, 0.29) is 0 Å². The zero-order chi connectivity index (χ0) is 9.68. The van der Waals surface area contributed by atoms with E-state index in [0.29, 0.717) is 0 Å². The van der Waals surface area contributed by atoms with Crippen LogP contribution in [0.3, 0.4) is 0 Å². The number of nitriles is 1. The van der Waals surface area contributed by atoms with E-state index in [0.717, 1.165) is 22.0 Å². The van der Waals surface area contributed by atoms with E-state index in [4.69, 9.17) is 5.26 Å². The van der Waals surface area contributed by atoms with E-state index < -0.39 is 0 Å². The molecule has 66 valence electrons. The Morgan fingerprint density at radius 2 is 2.31 bits per heavy atom. The minimum absolute atomic E-state index is 0.747. The van der Waals surface area contributed by atoms with Crippen molar-refractivity contribution in [1.82, 2.24) is 0 Å². The normalized spacial score (nSPS) is 10.2. The molecule has 0 amide bonds. The maximum absolute atomic E-state index is 8.78. The number of halogens is 1. The second kappa shape index (κ2) is 4.84. The topological polar surface area (TPSA) is 23.8 Å². The van der Waals surface area contributed by atoms with Gasteiger partial charge in [0.1, 0.15) is 0 Å². The highest BCUT2D eigenvalue weighted by Gasteiger charge is 1.96. The second-order valence-corrected chi connectivity index (χ2v) is 3.39. The number of allylic oxidation sites excluding steroid dienone is 1. The Labute approximate surface area is 86.8 Å². The van der Waals surface area contributed by atoms with Gasteiger partial charge in [0, 0.05) is 5.33 Å². The molecular formula is C11H10BrN. The molecule has 0 atom stereocenters. The van der Waals surface area contributed by atoms with Crippen LogP contribution in [-0.4, -0.2) is 5.33 Å². The molecule has 0 aromatic heterocycles. The first kappa shape index (κ1) is 10.0. The lowest BCUT2D eigenvalue weighted by Crippen LogP contribution is -1.82. The summed E-state index contributed by atoms with van der Waals surface area (Å²) >= 11 is 3.31. The first-order chi connectivity index (χ1) is 6.27. The molecule has 0 aliphatic heterocycles. The molecule has 1 aromatic carbocycles. The number of aryl methyl sites for hydroxylation is 1. The molecule has 0 aliphatic carbocycles. The molecule has 0 N–H and O–H groups in total. The van der Waals surface area contributed by atoms with E-state index in [2.05, 4.69) is 22.0 Å². The Balaban J connectivity index is 3.01. The zero-order valence-corrected chi connectivity index (χ0v) is 9.01. The summed E-state index contributed by atoms with van der Waals surface area (Å²) < 4.78 is 0. The zero-order valence-electron chi connectivity index (χ0n) is 7.42. The predicted octanol–water partition coefficient (Wildman–Crippen LogP) is 3.27. The Morgan fingerprint density at radius 3 is 2.92 bits per heavy atom. The summed E-state index contributed by atoms with van der Waals surface area (Å²) in [5, 5.41) is 9.62. The van der Waals surface area contributed by atoms with Crippen molar-refractivity contribution in [2.75, 3.05) is 5.33 Å². The highest BCUT2D eigenvalue weighted by Crippen LogP contribution is 2.11. The lowest BCUT2D eigenvalue weighted by atomic mass is 10.1. The molecular weight excluding hydrogens is 226 g/mol. The van der Waals surface area contributed by atoms with Gasteiger partial charge in [0.05, 0.1) is 11.6 Å². The second-order valence-electron chi connectivity index (χ2n) is 2.74. The Hall–Kier alpha value is -1.07. The average molecular weight is 236 g/mol. The summed E-state index contributed by atoms with van der Waals surface area (Å²) in [5.41, 5.74) is 2.84. The fourth-order valence-electron chi connectivity index (χ4n) is 1.04. The fourth-order valence-corrected chi connectivity index (χ4v) is 1.23. The van der Waals surface area contributed by atoms with Crippen molar-refractivity contribution in [3.05, 3.63) is 41.0 Å². The fraction of sp³-hybridized carbons (Fsp3) is 0.182. The summed E-state index contributed by atoms with van der Waals surface area (Å²) in [7, 11) is 0. The molecule has 1 nitrogen and oxygen atoms in total. The van der Waals surface area contributed by atoms with Gasteiger partial charge in [-0.2, -0.15) is 5.26 Å². The minimum atomic E-state index is 0.747. The highest BCUT2D eigenvalue weighted by molar-refractivity contribution is 9.09. The van der Waals surface area contributed by atoms with Crippen molar-refractivity contribution >= 4 is 22.0 Å². The lowest BCUT2D eigenvalue weighted by molar-refractivity contribution is 1.39. The van der Waals surface area contributed by atoms with Crippen molar-refractivity contribution in [2.24, 2.45) is 0 Å². The van der Waals surface area contributed by atoms with Gasteiger partial charge in [0.25, 0.3) is 0 Å². The van der Waals surface area contributed by atoms with Crippen LogP contribution in [0.1, 0.15) is 16.7 Å². The summed E-state index contributed by atoms with van der Waals surface area (Å²) in [6.07, 6.45) is 4.00. The van der Waals surface area contributed by atoms with Crippen LogP contribution >= 0.6 is 15.9 Å². The van der Waals surface area contributed by atoms with Crippen molar-refractivity contribution < 1.29 is 0 Å². The van der Waals surface area contributed by atoms with Gasteiger partial charge in [-0.1, -0.05) is 40.2 Å². The Morgan fingerprint density at radius 1 is 1.54 bits per heavy atom. The standard InChI is InChI=1S/C11H10BrN/c1-9-4-5-10(3-2-6-12)7-11(9)8-13/h2-5,7H,6H2,1H3. The number of benzene rings is 1. The molecule has 2 heteroatoms. The molecule has 0 radical (unpaired) electrons. The molecule has 0 saturated carbocycles. The van der Waals surface area contributed by atoms with Gasteiger partial charge < -0.3 is 0 Å². The minimum Gasteiger partial charge on any atom is -0.192 e. The number of alkyl halides is 1. The number of hydrogen-bond donors (Lipinski definition) is 0. The van der Waals surface area contributed by atoms with Gasteiger partial charge in [-0.05, 0) is 24.1 Å². The SMILES string of the molecule is Cc1ccc(C=CCBr)cc1C#N. The van der Waals surface area contributed by atoms with Crippen LogP contribution in [0.25, 0.3) is 6.08 Å². The maximum Gasteiger partial charge on any atom is 0.0994 e. The van der Waals surface area contributed by atoms with Crippen LogP contribution in [0.5, 0.6) is 0 Å². The van der Waals surface area contributed by atoms with E-state index in [1.807, 2.05) is 37.3 Å². The number of rotatable bonds is 2. The van der Waals surface area contributed by atoms with Crippen molar-refractivity contribution in [1.29, 1.82) is 5.26 Å². The molecule has 1 aromatic rings. The average Bonchev–Trinajstić information content (AvgIpc) is 2.16. The molecule has 0 saturated heterocycles. The molecule has 0 aliphatic rings. The van der Waals surface area contributed by atoms with Crippen molar-refractivity contribution in [3.8, 4) is 6.07 Å². The van der Waals surface area contributed by atoms with Crippen molar-refractivity contribution in [3.63, 3.8) is 0 Å². The molecule has 0 fully saturated rings. The number of hydrogen-bond acceptors (Lipinski definition) is 1. The van der Waals surface area contributed by atoms with E-state index in [1.165, 1.54) is 0 Å². The summed E-state index contributed by atoms with van der Waals surface area (Å²) in [5.74, 6) is 0. The van der Waals surface area contributed by atoms with Crippen LogP contribution in [0.2, 0.25) is 0 Å². The molecule has 13 heavy (non-hydrogen) atoms. The molecule has 0 bridgehead atoms. The van der Waals surface area contributed by atoms with Crippen LogP contribution in [0.15, 0.2) is 24.3 Å². The lowest BCUT2D eigenvalue weighted by Gasteiger charge is -1.97. The first-order valence-corrected chi connectivity index (χ1v) is 5.13. The van der Waals surface area contributed by atoms with Gasteiger partial charge >= 0.3 is 0 Å². The first-order valence-electron chi connectivity index (χ1n) is 4.01. The van der Waals surface area contributed by atoms with Crippen LogP contribution < -0.4 is 0 Å². The van der Waals surface area contributed by atoms with Gasteiger partial charge in [-0.25, -0.2) is 0 Å². The van der Waals surface area contributed by atoms with Crippen LogP contribution in [-0.2, 0) is 0 Å². The van der Waals surface area contributed by atoms with Crippen molar-refractivity contribution in [2.45, 2.75) is 6.92 Å². The molecule has 1 rings (SSSR count). The third-order valence-electron chi connectivity index (χ3n) is 1.78. The van der Waals surface area contributed by atoms with E-state index in [9.17, 15) is 0 Å². The van der Waals surface area contributed by atoms with Gasteiger partial charge in [0.15, 0.2) is 0 Å². The van der Waals surface area contributed by atoms with Gasteiger partial charge in [-0.3, -0.25) is 0 Å². The highest BCUT2D eigenvalue weighted by atomic mass is 79.9. The van der Waals surface area contributed by atoms with Crippen LogP contribution in [0.4, 0.5) is 0 Å². The summed E-state index contributed by atoms with van der Waals surface area (Å²) in [6, 6.07) is 8.04. The van der Waals surface area contributed by atoms with Gasteiger partial charge in [-0.15, -0.1) is 0 Å². The summed E-state index contributed by atoms with van der Waals surface area (Å²) in [6.45, 7) is 1.94. The predicted molar refractivity (Wildman–Crippen MR) is 58.7 cm³/mol. The largest absolute Gasteiger partial charge is 0.192 e.